The third kappa shape index (κ3) is 5.42. The van der Waals surface area contributed by atoms with Crippen LogP contribution in [0.4, 0.5) is 17.6 Å². The van der Waals surface area contributed by atoms with Gasteiger partial charge in [-0.3, -0.25) is 0 Å². The van der Waals surface area contributed by atoms with Gasteiger partial charge in [0.25, 0.3) is 5.95 Å². The van der Waals surface area contributed by atoms with Gasteiger partial charge in [0.05, 0.1) is 11.4 Å². The molecule has 4 rings (SSSR count). The van der Waals surface area contributed by atoms with E-state index in [0.29, 0.717) is 17.8 Å². The fourth-order valence-corrected chi connectivity index (χ4v) is 3.00. The van der Waals surface area contributed by atoms with Crippen molar-refractivity contribution >= 4 is 29.4 Å². The molecule has 0 atom stereocenters. The molecule has 0 unspecified atom stereocenters. The first-order valence-corrected chi connectivity index (χ1v) is 10.2. The first kappa shape index (κ1) is 20.9. The van der Waals surface area contributed by atoms with E-state index in [1.54, 1.807) is 4.68 Å². The Morgan fingerprint density at radius 3 is 2.28 bits per heavy atom. The smallest absolute Gasteiger partial charge is 0.257 e. The van der Waals surface area contributed by atoms with Crippen LogP contribution in [-0.4, -0.2) is 30.4 Å². The number of anilines is 3. The molecule has 0 radical (unpaired) electrons. The largest absolute Gasteiger partial charge is 0.324 e. The molecule has 2 heterocycles. The van der Waals surface area contributed by atoms with Crippen molar-refractivity contribution in [1.82, 2.24) is 24.7 Å². The maximum absolute atomic E-state index is 4.54. The van der Waals surface area contributed by atoms with E-state index in [9.17, 15) is 0 Å². The van der Waals surface area contributed by atoms with E-state index < -0.39 is 0 Å². The van der Waals surface area contributed by atoms with Crippen molar-refractivity contribution in [2.24, 2.45) is 5.10 Å². The number of para-hydroxylation sites is 1. The molecule has 2 N–H and O–H groups in total. The lowest BCUT2D eigenvalue weighted by atomic mass is 10.2. The van der Waals surface area contributed by atoms with Crippen molar-refractivity contribution in [2.45, 2.75) is 20.8 Å². The number of benzene rings is 2. The van der Waals surface area contributed by atoms with Crippen molar-refractivity contribution in [1.29, 1.82) is 0 Å². The summed E-state index contributed by atoms with van der Waals surface area (Å²) in [6.07, 6.45) is 3.92. The first-order chi connectivity index (χ1) is 15.6. The van der Waals surface area contributed by atoms with Crippen LogP contribution in [0.25, 0.3) is 12.0 Å². The predicted molar refractivity (Wildman–Crippen MR) is 128 cm³/mol. The summed E-state index contributed by atoms with van der Waals surface area (Å²) < 4.78 is 1.68. The van der Waals surface area contributed by atoms with Gasteiger partial charge in [-0.15, -0.1) is 0 Å². The number of aryl methyl sites for hydroxylation is 2. The maximum Gasteiger partial charge on any atom is 0.257 e. The fourth-order valence-electron chi connectivity index (χ4n) is 3.00. The van der Waals surface area contributed by atoms with Crippen LogP contribution < -0.4 is 10.7 Å². The quantitative estimate of drug-likeness (QED) is 0.323. The monoisotopic (exact) mass is 424 g/mol. The minimum atomic E-state index is 0.313. The highest BCUT2D eigenvalue weighted by Gasteiger charge is 2.12. The lowest BCUT2D eigenvalue weighted by molar-refractivity contribution is 0.767. The Bertz CT molecular complexity index is 1240. The lowest BCUT2D eigenvalue weighted by Gasteiger charge is -2.09. The minimum absolute atomic E-state index is 0.313. The van der Waals surface area contributed by atoms with Gasteiger partial charge in [0.15, 0.2) is 0 Å². The van der Waals surface area contributed by atoms with Gasteiger partial charge in [-0.25, -0.2) is 10.1 Å². The second-order valence-corrected chi connectivity index (χ2v) is 7.22. The summed E-state index contributed by atoms with van der Waals surface area (Å²) in [6.45, 7) is 5.79. The average molecular weight is 425 g/mol. The van der Waals surface area contributed by atoms with Crippen molar-refractivity contribution in [2.75, 3.05) is 10.7 Å². The SMILES string of the molecule is CC(/C=C\c1ccccc1)=NNc1nc(Nc2ccccc2)nc(-n2nc(C)cc2C)n1. The molecule has 0 aliphatic carbocycles. The molecular weight excluding hydrogens is 400 g/mol. The van der Waals surface area contributed by atoms with Gasteiger partial charge >= 0.3 is 0 Å². The molecule has 8 heteroatoms. The van der Waals surface area contributed by atoms with Gasteiger partial charge < -0.3 is 5.32 Å². The third-order valence-corrected chi connectivity index (χ3v) is 4.50. The number of rotatable bonds is 7. The van der Waals surface area contributed by atoms with Gasteiger partial charge in [-0.2, -0.15) is 25.2 Å². The zero-order chi connectivity index (χ0) is 22.3. The molecule has 160 valence electrons. The van der Waals surface area contributed by atoms with E-state index in [4.69, 9.17) is 0 Å². The van der Waals surface area contributed by atoms with Gasteiger partial charge in [-0.05, 0) is 50.6 Å². The van der Waals surface area contributed by atoms with Crippen LogP contribution in [-0.2, 0) is 0 Å². The number of hydrazone groups is 1. The van der Waals surface area contributed by atoms with E-state index in [2.05, 4.69) is 35.9 Å². The number of nitrogens with one attached hydrogen (secondary N) is 2. The standard InChI is InChI=1S/C24H24N8/c1-17(14-15-20-10-6-4-7-11-20)29-30-23-26-22(25-21-12-8-5-9-13-21)27-24(28-23)32-19(3)16-18(2)31-32/h4-16H,1-3H3,(H2,25,26,27,28,30)/b15-14-,29-17?. The van der Waals surface area contributed by atoms with Crippen LogP contribution in [0.15, 0.2) is 77.9 Å². The highest BCUT2D eigenvalue weighted by atomic mass is 15.4. The van der Waals surface area contributed by atoms with E-state index in [-0.39, 0.29) is 0 Å². The lowest BCUT2D eigenvalue weighted by Crippen LogP contribution is -2.11. The molecule has 4 aromatic rings. The number of nitrogens with zero attached hydrogens (tertiary/aromatic N) is 6. The number of aromatic nitrogens is 5. The molecule has 0 aliphatic rings. The van der Waals surface area contributed by atoms with Gasteiger partial charge in [0.2, 0.25) is 11.9 Å². The summed E-state index contributed by atoms with van der Waals surface area (Å²) in [6, 6.07) is 21.7. The minimum Gasteiger partial charge on any atom is -0.324 e. The Hall–Kier alpha value is -4.33. The molecule has 2 aromatic carbocycles. The van der Waals surface area contributed by atoms with E-state index in [1.165, 1.54) is 0 Å². The molecule has 0 fully saturated rings. The first-order valence-electron chi connectivity index (χ1n) is 10.2. The topological polar surface area (TPSA) is 92.9 Å². The zero-order valence-electron chi connectivity index (χ0n) is 18.2. The molecule has 0 amide bonds. The zero-order valence-corrected chi connectivity index (χ0v) is 18.2. The summed E-state index contributed by atoms with van der Waals surface area (Å²) in [4.78, 5) is 13.5. The Balaban J connectivity index is 1.61. The van der Waals surface area contributed by atoms with E-state index in [1.807, 2.05) is 99.7 Å². The molecule has 32 heavy (non-hydrogen) atoms. The molecular formula is C24H24N8. The van der Waals surface area contributed by atoms with Crippen LogP contribution >= 0.6 is 0 Å². The Morgan fingerprint density at radius 1 is 0.906 bits per heavy atom. The average Bonchev–Trinajstić information content (AvgIpc) is 3.15. The van der Waals surface area contributed by atoms with Crippen LogP contribution in [0, 0.1) is 13.8 Å². The van der Waals surface area contributed by atoms with Crippen molar-refractivity contribution in [3.8, 4) is 5.95 Å². The summed E-state index contributed by atoms with van der Waals surface area (Å²) in [5, 5.41) is 12.1. The van der Waals surface area contributed by atoms with Gasteiger partial charge in [-0.1, -0.05) is 54.6 Å². The highest BCUT2D eigenvalue weighted by Crippen LogP contribution is 2.16. The fraction of sp³-hybridized carbons (Fsp3) is 0.125. The molecule has 2 aromatic heterocycles. The van der Waals surface area contributed by atoms with Crippen molar-refractivity contribution in [3.05, 3.63) is 89.8 Å². The van der Waals surface area contributed by atoms with Gasteiger partial charge in [0.1, 0.15) is 0 Å². The third-order valence-electron chi connectivity index (χ3n) is 4.50. The summed E-state index contributed by atoms with van der Waals surface area (Å²) in [5.41, 5.74) is 7.50. The number of hydrogen-bond donors (Lipinski definition) is 2. The molecule has 0 spiro atoms. The Kier molecular flexibility index (Phi) is 6.31. The highest BCUT2D eigenvalue weighted by molar-refractivity contribution is 5.96. The van der Waals surface area contributed by atoms with Crippen LogP contribution in [0.2, 0.25) is 0 Å². The van der Waals surface area contributed by atoms with Crippen molar-refractivity contribution in [3.63, 3.8) is 0 Å². The predicted octanol–water partition coefficient (Wildman–Crippen LogP) is 4.92. The second kappa shape index (κ2) is 9.65. The van der Waals surface area contributed by atoms with Crippen LogP contribution in [0.1, 0.15) is 23.9 Å². The normalized spacial score (nSPS) is 11.7. The molecule has 0 saturated carbocycles. The molecule has 0 saturated heterocycles. The van der Waals surface area contributed by atoms with E-state index >= 15 is 0 Å². The number of allylic oxidation sites excluding steroid dienone is 1. The summed E-state index contributed by atoms with van der Waals surface area (Å²) in [7, 11) is 0. The maximum atomic E-state index is 4.54. The van der Waals surface area contributed by atoms with Crippen molar-refractivity contribution < 1.29 is 0 Å². The number of hydrogen-bond acceptors (Lipinski definition) is 7. The second-order valence-electron chi connectivity index (χ2n) is 7.22. The summed E-state index contributed by atoms with van der Waals surface area (Å²) in [5.74, 6) is 1.11. The van der Waals surface area contributed by atoms with Crippen LogP contribution in [0.5, 0.6) is 0 Å². The Morgan fingerprint density at radius 2 is 1.59 bits per heavy atom. The molecule has 0 bridgehead atoms. The Labute approximate surface area is 186 Å². The van der Waals surface area contributed by atoms with E-state index in [0.717, 1.165) is 28.4 Å². The summed E-state index contributed by atoms with van der Waals surface area (Å²) >= 11 is 0. The molecule has 0 aliphatic heterocycles. The van der Waals surface area contributed by atoms with Gasteiger partial charge in [0, 0.05) is 11.4 Å². The van der Waals surface area contributed by atoms with Crippen LogP contribution in [0.3, 0.4) is 0 Å². The molecule has 8 nitrogen and oxygen atoms in total.